The monoisotopic (exact) mass is 260 g/mol. The van der Waals surface area contributed by atoms with Crippen molar-refractivity contribution in [3.63, 3.8) is 0 Å². The third kappa shape index (κ3) is 3.35. The summed E-state index contributed by atoms with van der Waals surface area (Å²) in [6.45, 7) is 5.46. The fourth-order valence-electron chi connectivity index (χ4n) is 1.85. The number of anilines is 1. The molecule has 4 nitrogen and oxygen atoms in total. The van der Waals surface area contributed by atoms with Crippen LogP contribution in [0.3, 0.4) is 0 Å². The van der Waals surface area contributed by atoms with Crippen molar-refractivity contribution < 1.29 is 9.47 Å². The Hall–Kier alpha value is -1.81. The van der Waals surface area contributed by atoms with Crippen LogP contribution < -0.4 is 10.5 Å². The fourth-order valence-corrected chi connectivity index (χ4v) is 1.85. The lowest BCUT2D eigenvalue weighted by Crippen LogP contribution is -2.05. The molecule has 102 valence electrons. The highest BCUT2D eigenvalue weighted by atomic mass is 16.5. The van der Waals surface area contributed by atoms with Crippen molar-refractivity contribution >= 4 is 16.7 Å². The van der Waals surface area contributed by atoms with Gasteiger partial charge in [-0.15, -0.1) is 0 Å². The van der Waals surface area contributed by atoms with Crippen molar-refractivity contribution in [2.45, 2.75) is 20.5 Å². The van der Waals surface area contributed by atoms with Crippen LogP contribution in [0.4, 0.5) is 5.82 Å². The molecule has 1 heterocycles. The molecule has 0 aliphatic carbocycles. The van der Waals surface area contributed by atoms with Gasteiger partial charge in [-0.1, -0.05) is 13.8 Å². The maximum Gasteiger partial charge on any atom is 0.129 e. The summed E-state index contributed by atoms with van der Waals surface area (Å²) in [5, 5.41) is 1.04. The molecule has 0 fully saturated rings. The number of hydrogen-bond donors (Lipinski definition) is 1. The SMILES string of the molecule is COc1ccc2cc(COCC(C)C)c(N)nc2c1. The second-order valence-electron chi connectivity index (χ2n) is 5.00. The van der Waals surface area contributed by atoms with Crippen LogP contribution in [0, 0.1) is 5.92 Å². The first-order chi connectivity index (χ1) is 9.10. The quantitative estimate of drug-likeness (QED) is 0.897. The molecule has 2 aromatic rings. The molecule has 0 unspecified atom stereocenters. The Morgan fingerprint density at radius 2 is 2.05 bits per heavy atom. The molecule has 0 atom stereocenters. The van der Waals surface area contributed by atoms with Gasteiger partial charge in [0.05, 0.1) is 19.2 Å². The van der Waals surface area contributed by atoms with E-state index in [9.17, 15) is 0 Å². The van der Waals surface area contributed by atoms with Gasteiger partial charge in [0.2, 0.25) is 0 Å². The van der Waals surface area contributed by atoms with Crippen molar-refractivity contribution in [1.82, 2.24) is 4.98 Å². The van der Waals surface area contributed by atoms with Crippen LogP contribution in [0.15, 0.2) is 24.3 Å². The van der Waals surface area contributed by atoms with E-state index in [1.807, 2.05) is 24.3 Å². The molecule has 0 bridgehead atoms. The first-order valence-electron chi connectivity index (χ1n) is 6.41. The topological polar surface area (TPSA) is 57.4 Å². The average Bonchev–Trinajstić information content (AvgIpc) is 2.38. The Morgan fingerprint density at radius 3 is 2.74 bits per heavy atom. The Labute approximate surface area is 113 Å². The van der Waals surface area contributed by atoms with Crippen LogP contribution in [-0.2, 0) is 11.3 Å². The molecule has 2 N–H and O–H groups in total. The molecule has 0 saturated carbocycles. The summed E-state index contributed by atoms with van der Waals surface area (Å²) < 4.78 is 10.8. The number of fused-ring (bicyclic) bond motifs is 1. The minimum absolute atomic E-state index is 0.499. The predicted octanol–water partition coefficient (Wildman–Crippen LogP) is 3.00. The van der Waals surface area contributed by atoms with E-state index >= 15 is 0 Å². The largest absolute Gasteiger partial charge is 0.497 e. The number of nitrogen functional groups attached to an aromatic ring is 1. The summed E-state index contributed by atoms with van der Waals surface area (Å²) in [6, 6.07) is 7.80. The number of rotatable bonds is 5. The Bertz CT molecular complexity index is 567. The van der Waals surface area contributed by atoms with E-state index in [4.69, 9.17) is 15.2 Å². The smallest absolute Gasteiger partial charge is 0.129 e. The van der Waals surface area contributed by atoms with Gasteiger partial charge in [-0.05, 0) is 24.1 Å². The highest BCUT2D eigenvalue weighted by Crippen LogP contribution is 2.23. The average molecular weight is 260 g/mol. The molecule has 0 spiro atoms. The molecule has 1 aromatic carbocycles. The highest BCUT2D eigenvalue weighted by Gasteiger charge is 2.06. The molecule has 0 aliphatic heterocycles. The molecule has 0 radical (unpaired) electrons. The van der Waals surface area contributed by atoms with E-state index in [0.29, 0.717) is 18.3 Å². The number of hydrogen-bond acceptors (Lipinski definition) is 4. The van der Waals surface area contributed by atoms with Crippen LogP contribution in [0.2, 0.25) is 0 Å². The number of benzene rings is 1. The minimum Gasteiger partial charge on any atom is -0.497 e. The first-order valence-corrected chi connectivity index (χ1v) is 6.41. The summed E-state index contributed by atoms with van der Waals surface area (Å²) >= 11 is 0. The van der Waals surface area contributed by atoms with Crippen molar-refractivity contribution in [1.29, 1.82) is 0 Å². The number of ether oxygens (including phenoxy) is 2. The van der Waals surface area contributed by atoms with Crippen LogP contribution in [-0.4, -0.2) is 18.7 Å². The maximum atomic E-state index is 5.96. The molecule has 0 amide bonds. The van der Waals surface area contributed by atoms with E-state index in [1.54, 1.807) is 7.11 Å². The van der Waals surface area contributed by atoms with Crippen molar-refractivity contribution in [2.24, 2.45) is 5.92 Å². The highest BCUT2D eigenvalue weighted by molar-refractivity contribution is 5.82. The molecule has 4 heteroatoms. The van der Waals surface area contributed by atoms with E-state index in [2.05, 4.69) is 18.8 Å². The molecule has 19 heavy (non-hydrogen) atoms. The summed E-state index contributed by atoms with van der Waals surface area (Å²) in [6.07, 6.45) is 0. The molecule has 1 aromatic heterocycles. The Morgan fingerprint density at radius 1 is 1.26 bits per heavy atom. The number of methoxy groups -OCH3 is 1. The zero-order valence-electron chi connectivity index (χ0n) is 11.6. The normalized spacial score (nSPS) is 11.2. The zero-order valence-corrected chi connectivity index (χ0v) is 11.6. The molecule has 0 saturated heterocycles. The van der Waals surface area contributed by atoms with Gasteiger partial charge in [0.15, 0.2) is 0 Å². The third-order valence-electron chi connectivity index (χ3n) is 2.85. The summed E-state index contributed by atoms with van der Waals surface area (Å²) in [5.41, 5.74) is 7.73. The third-order valence-corrected chi connectivity index (χ3v) is 2.85. The summed E-state index contributed by atoms with van der Waals surface area (Å²) in [7, 11) is 1.64. The molecule has 0 aliphatic rings. The van der Waals surface area contributed by atoms with Crippen LogP contribution >= 0.6 is 0 Å². The van der Waals surface area contributed by atoms with Gasteiger partial charge in [0.1, 0.15) is 11.6 Å². The van der Waals surface area contributed by atoms with Crippen molar-refractivity contribution in [2.75, 3.05) is 19.5 Å². The van der Waals surface area contributed by atoms with E-state index < -0.39 is 0 Å². The number of nitrogens with two attached hydrogens (primary N) is 1. The summed E-state index contributed by atoms with van der Waals surface area (Å²) in [4.78, 5) is 4.40. The Kier molecular flexibility index (Phi) is 4.22. The van der Waals surface area contributed by atoms with E-state index in [0.717, 1.165) is 28.8 Å². The van der Waals surface area contributed by atoms with Crippen LogP contribution in [0.1, 0.15) is 19.4 Å². The molecule has 2 rings (SSSR count). The number of nitrogens with zero attached hydrogens (tertiary/aromatic N) is 1. The van der Waals surface area contributed by atoms with Crippen molar-refractivity contribution in [3.8, 4) is 5.75 Å². The molecular weight excluding hydrogens is 240 g/mol. The zero-order chi connectivity index (χ0) is 13.8. The van der Waals surface area contributed by atoms with Gasteiger partial charge in [0.25, 0.3) is 0 Å². The fraction of sp³-hybridized carbons (Fsp3) is 0.400. The van der Waals surface area contributed by atoms with Gasteiger partial charge in [0, 0.05) is 23.6 Å². The number of aromatic nitrogens is 1. The lowest BCUT2D eigenvalue weighted by atomic mass is 10.1. The van der Waals surface area contributed by atoms with Gasteiger partial charge in [-0.25, -0.2) is 4.98 Å². The Balaban J connectivity index is 2.23. The predicted molar refractivity (Wildman–Crippen MR) is 77.2 cm³/mol. The lowest BCUT2D eigenvalue weighted by Gasteiger charge is -2.10. The van der Waals surface area contributed by atoms with Crippen molar-refractivity contribution in [3.05, 3.63) is 29.8 Å². The lowest BCUT2D eigenvalue weighted by molar-refractivity contribution is 0.0974. The molecular formula is C15H20N2O2. The standard InChI is InChI=1S/C15H20N2O2/c1-10(2)8-19-9-12-6-11-4-5-13(18-3)7-14(11)17-15(12)16/h4-7,10H,8-9H2,1-3H3,(H2,16,17). The van der Waals surface area contributed by atoms with Crippen LogP contribution in [0.25, 0.3) is 10.9 Å². The summed E-state index contributed by atoms with van der Waals surface area (Å²) in [5.74, 6) is 1.81. The van der Waals surface area contributed by atoms with Gasteiger partial charge in [-0.2, -0.15) is 0 Å². The van der Waals surface area contributed by atoms with E-state index in [1.165, 1.54) is 0 Å². The van der Waals surface area contributed by atoms with E-state index in [-0.39, 0.29) is 0 Å². The van der Waals surface area contributed by atoms with Gasteiger partial charge >= 0.3 is 0 Å². The van der Waals surface area contributed by atoms with Gasteiger partial charge < -0.3 is 15.2 Å². The maximum absolute atomic E-state index is 5.96. The second-order valence-corrected chi connectivity index (χ2v) is 5.00. The van der Waals surface area contributed by atoms with Gasteiger partial charge in [-0.3, -0.25) is 0 Å². The second kappa shape index (κ2) is 5.89. The first kappa shape index (κ1) is 13.6. The minimum atomic E-state index is 0.499. The number of pyridine rings is 1. The van der Waals surface area contributed by atoms with Crippen LogP contribution in [0.5, 0.6) is 5.75 Å².